The van der Waals surface area contributed by atoms with Crippen molar-refractivity contribution in [1.29, 1.82) is 0 Å². The Morgan fingerprint density at radius 3 is 2.38 bits per heavy atom. The molecule has 0 atom stereocenters. The first-order valence-electron chi connectivity index (χ1n) is 8.65. The number of benzene rings is 1. The zero-order valence-electron chi connectivity index (χ0n) is 13.5. The van der Waals surface area contributed by atoms with E-state index in [1.807, 2.05) is 0 Å². The third kappa shape index (κ3) is 2.95. The van der Waals surface area contributed by atoms with E-state index in [1.165, 1.54) is 50.8 Å². The molecule has 4 bridgehead atoms. The van der Waals surface area contributed by atoms with E-state index in [4.69, 9.17) is 12.2 Å². The molecule has 4 N–H and O–H groups in total. The second kappa shape index (κ2) is 5.92. The molecule has 1 aromatic rings. The smallest absolute Gasteiger partial charge is 0.187 e. The molecule has 4 saturated carbocycles. The lowest BCUT2D eigenvalue weighted by Crippen LogP contribution is -2.61. The van der Waals surface area contributed by atoms with Gasteiger partial charge in [0.15, 0.2) is 16.6 Å². The van der Waals surface area contributed by atoms with Gasteiger partial charge in [-0.25, -0.2) is 0 Å². The molecule has 0 heterocycles. The quantitative estimate of drug-likeness (QED) is 0.293. The monoisotopic (exact) mass is 345 g/mol. The summed E-state index contributed by atoms with van der Waals surface area (Å²) < 4.78 is 0. The SMILES string of the molecule is Oc1cccc(/C=N/NC(=S)NC23CC4CC(CC(C4)C2)C3)c1O. The predicted molar refractivity (Wildman–Crippen MR) is 97.1 cm³/mol. The molecule has 5 nitrogen and oxygen atoms in total. The van der Waals surface area contributed by atoms with Crippen LogP contribution in [0.4, 0.5) is 0 Å². The molecule has 0 unspecified atom stereocenters. The molecule has 0 aliphatic heterocycles. The number of hydrogen-bond acceptors (Lipinski definition) is 4. The fourth-order valence-electron chi connectivity index (χ4n) is 5.35. The van der Waals surface area contributed by atoms with Crippen molar-refractivity contribution in [2.24, 2.45) is 22.9 Å². The first kappa shape index (κ1) is 15.7. The largest absolute Gasteiger partial charge is 0.504 e. The van der Waals surface area contributed by atoms with E-state index < -0.39 is 0 Å². The minimum atomic E-state index is -0.178. The number of hydrogen-bond donors (Lipinski definition) is 4. The van der Waals surface area contributed by atoms with Crippen LogP contribution >= 0.6 is 12.2 Å². The molecule has 4 aliphatic rings. The fraction of sp³-hybridized carbons (Fsp3) is 0.556. The number of hydrazone groups is 1. The minimum Gasteiger partial charge on any atom is -0.504 e. The average Bonchev–Trinajstić information content (AvgIpc) is 2.49. The van der Waals surface area contributed by atoms with Crippen LogP contribution in [-0.4, -0.2) is 27.1 Å². The second-order valence-corrected chi connectivity index (χ2v) is 8.15. The Morgan fingerprint density at radius 1 is 1.12 bits per heavy atom. The van der Waals surface area contributed by atoms with Crippen LogP contribution in [0, 0.1) is 17.8 Å². The zero-order chi connectivity index (χ0) is 16.7. The highest BCUT2D eigenvalue weighted by Gasteiger charge is 2.51. The summed E-state index contributed by atoms with van der Waals surface area (Å²) in [5, 5.41) is 27.4. The van der Waals surface area contributed by atoms with Crippen LogP contribution in [0.3, 0.4) is 0 Å². The third-order valence-corrected chi connectivity index (χ3v) is 6.03. The molecular formula is C18H23N3O2S. The topological polar surface area (TPSA) is 76.9 Å². The normalized spacial score (nSPS) is 33.8. The number of aromatic hydroxyl groups is 2. The molecule has 0 spiro atoms. The minimum absolute atomic E-state index is 0.154. The van der Waals surface area contributed by atoms with Crippen LogP contribution in [0.2, 0.25) is 0 Å². The van der Waals surface area contributed by atoms with Crippen molar-refractivity contribution in [2.45, 2.75) is 44.1 Å². The summed E-state index contributed by atoms with van der Waals surface area (Å²) in [6.07, 6.45) is 9.32. The molecule has 0 saturated heterocycles. The van der Waals surface area contributed by atoms with Gasteiger partial charge in [-0.15, -0.1) is 0 Å². The van der Waals surface area contributed by atoms with Gasteiger partial charge in [0.05, 0.1) is 6.21 Å². The molecule has 5 rings (SSSR count). The summed E-state index contributed by atoms with van der Waals surface area (Å²) in [6, 6.07) is 4.76. The Morgan fingerprint density at radius 2 is 1.75 bits per heavy atom. The van der Waals surface area contributed by atoms with E-state index in [0.29, 0.717) is 10.7 Å². The van der Waals surface area contributed by atoms with Crippen molar-refractivity contribution >= 4 is 23.5 Å². The second-order valence-electron chi connectivity index (χ2n) is 7.74. The van der Waals surface area contributed by atoms with Gasteiger partial charge >= 0.3 is 0 Å². The van der Waals surface area contributed by atoms with Gasteiger partial charge in [0.2, 0.25) is 0 Å². The lowest BCUT2D eigenvalue weighted by molar-refractivity contribution is -0.0101. The number of phenols is 2. The highest BCUT2D eigenvalue weighted by Crippen LogP contribution is 2.55. The van der Waals surface area contributed by atoms with E-state index in [9.17, 15) is 10.2 Å². The van der Waals surface area contributed by atoms with Gasteiger partial charge in [-0.1, -0.05) is 6.07 Å². The molecule has 6 heteroatoms. The summed E-state index contributed by atoms with van der Waals surface area (Å²) >= 11 is 5.42. The van der Waals surface area contributed by atoms with Crippen molar-refractivity contribution < 1.29 is 10.2 Å². The van der Waals surface area contributed by atoms with Crippen molar-refractivity contribution in [2.75, 3.05) is 0 Å². The van der Waals surface area contributed by atoms with Gasteiger partial charge in [0.25, 0.3) is 0 Å². The zero-order valence-corrected chi connectivity index (χ0v) is 14.4. The first-order chi connectivity index (χ1) is 11.5. The number of nitrogens with zero attached hydrogens (tertiary/aromatic N) is 1. The van der Waals surface area contributed by atoms with Crippen molar-refractivity contribution in [3.63, 3.8) is 0 Å². The predicted octanol–water partition coefficient (Wildman–Crippen LogP) is 2.86. The molecule has 0 amide bonds. The number of para-hydroxylation sites is 1. The van der Waals surface area contributed by atoms with Gasteiger partial charge in [0, 0.05) is 11.1 Å². The van der Waals surface area contributed by atoms with Crippen molar-refractivity contribution in [1.82, 2.24) is 10.7 Å². The van der Waals surface area contributed by atoms with E-state index in [1.54, 1.807) is 12.1 Å². The maximum absolute atomic E-state index is 9.76. The summed E-state index contributed by atoms with van der Waals surface area (Å²) in [4.78, 5) is 0. The maximum Gasteiger partial charge on any atom is 0.187 e. The van der Waals surface area contributed by atoms with Gasteiger partial charge in [-0.2, -0.15) is 5.10 Å². The number of rotatable bonds is 3. The average molecular weight is 345 g/mol. The standard InChI is InChI=1S/C18H23N3O2S/c22-15-3-1-2-14(16(15)23)10-19-21-17(24)20-18-7-11-4-12(8-18)6-13(5-11)9-18/h1-3,10-13,22-23H,4-9H2,(H2,20,21,24)/b19-10+. The van der Waals surface area contributed by atoms with Crippen molar-refractivity contribution in [3.05, 3.63) is 23.8 Å². The molecule has 4 aliphatic carbocycles. The lowest BCUT2D eigenvalue weighted by atomic mass is 9.53. The van der Waals surface area contributed by atoms with Gasteiger partial charge in [-0.05, 0) is 80.6 Å². The Balaban J connectivity index is 1.37. The Hall–Kier alpha value is -1.82. The summed E-state index contributed by atoms with van der Waals surface area (Å²) in [6.45, 7) is 0. The highest BCUT2D eigenvalue weighted by atomic mass is 32.1. The molecule has 0 radical (unpaired) electrons. The molecule has 4 fully saturated rings. The molecule has 128 valence electrons. The van der Waals surface area contributed by atoms with Crippen LogP contribution in [0.5, 0.6) is 11.5 Å². The maximum atomic E-state index is 9.76. The van der Waals surface area contributed by atoms with Crippen LogP contribution in [0.1, 0.15) is 44.1 Å². The van der Waals surface area contributed by atoms with E-state index in [-0.39, 0.29) is 17.0 Å². The van der Waals surface area contributed by atoms with Crippen LogP contribution in [0.25, 0.3) is 0 Å². The molecule has 0 aromatic heterocycles. The molecular weight excluding hydrogens is 322 g/mol. The van der Waals surface area contributed by atoms with Crippen LogP contribution in [-0.2, 0) is 0 Å². The van der Waals surface area contributed by atoms with Gasteiger partial charge in [-0.3, -0.25) is 5.43 Å². The van der Waals surface area contributed by atoms with E-state index in [0.717, 1.165) is 17.8 Å². The third-order valence-electron chi connectivity index (χ3n) is 5.83. The van der Waals surface area contributed by atoms with E-state index in [2.05, 4.69) is 15.8 Å². The Kier molecular flexibility index (Phi) is 3.87. The van der Waals surface area contributed by atoms with Crippen LogP contribution < -0.4 is 10.7 Å². The summed E-state index contributed by atoms with van der Waals surface area (Å²) in [5.74, 6) is 2.24. The molecule has 24 heavy (non-hydrogen) atoms. The fourth-order valence-corrected chi connectivity index (χ4v) is 5.62. The van der Waals surface area contributed by atoms with Gasteiger partial charge < -0.3 is 15.5 Å². The Bertz CT molecular complexity index is 654. The number of phenolic OH excluding ortho intramolecular Hbond substituents is 2. The Labute approximate surface area is 147 Å². The van der Waals surface area contributed by atoms with E-state index >= 15 is 0 Å². The van der Waals surface area contributed by atoms with Gasteiger partial charge in [0.1, 0.15) is 0 Å². The number of thiocarbonyl (C=S) groups is 1. The molecule has 1 aromatic carbocycles. The van der Waals surface area contributed by atoms with Crippen LogP contribution in [0.15, 0.2) is 23.3 Å². The first-order valence-corrected chi connectivity index (χ1v) is 9.06. The summed E-state index contributed by atoms with van der Waals surface area (Å²) in [5.41, 5.74) is 3.45. The summed E-state index contributed by atoms with van der Waals surface area (Å²) in [7, 11) is 0. The van der Waals surface area contributed by atoms with Crippen molar-refractivity contribution in [3.8, 4) is 11.5 Å². The lowest BCUT2D eigenvalue weighted by Gasteiger charge is -2.57. The highest BCUT2D eigenvalue weighted by molar-refractivity contribution is 7.80. The number of nitrogens with one attached hydrogen (secondary N) is 2.